The second-order valence-corrected chi connectivity index (χ2v) is 9.95. The van der Waals surface area contributed by atoms with Gasteiger partial charge < -0.3 is 4.90 Å². The summed E-state index contributed by atoms with van der Waals surface area (Å²) in [6, 6.07) is 18.9. The van der Waals surface area contributed by atoms with E-state index in [1.807, 2.05) is 83.8 Å². The molecule has 5 heteroatoms. The highest BCUT2D eigenvalue weighted by molar-refractivity contribution is 7.90. The van der Waals surface area contributed by atoms with Gasteiger partial charge in [-0.15, -0.1) is 0 Å². The van der Waals surface area contributed by atoms with Gasteiger partial charge in [-0.05, 0) is 44.4 Å². The molecule has 2 aromatic rings. The van der Waals surface area contributed by atoms with Gasteiger partial charge in [-0.25, -0.2) is 8.42 Å². The molecule has 1 saturated carbocycles. The molecular weight excluding hydrogens is 418 g/mol. The number of hydrogen-bond acceptors (Lipinski definition) is 3. The molecule has 4 nitrogen and oxygen atoms in total. The lowest BCUT2D eigenvalue weighted by Gasteiger charge is -2.33. The first-order chi connectivity index (χ1) is 15.1. The van der Waals surface area contributed by atoms with Crippen LogP contribution >= 0.6 is 0 Å². The van der Waals surface area contributed by atoms with Crippen LogP contribution in [0.5, 0.6) is 0 Å². The van der Waals surface area contributed by atoms with E-state index in [1.165, 1.54) is 19.1 Å². The maximum absolute atomic E-state index is 12.7. The van der Waals surface area contributed by atoms with Crippen molar-refractivity contribution >= 4 is 15.7 Å². The zero-order valence-electron chi connectivity index (χ0n) is 21.3. The summed E-state index contributed by atoms with van der Waals surface area (Å²) in [5.74, 6) is 0.237. The standard InChI is InChI=1S/C16H23NO.C7H8O2S.2C2H6/c1-16(2,13-9-5-4-6-10-13)15(18)17(3)14-11-7-8-12-14;1-10(8,9)7-5-3-2-4-6-7;2*1-2/h4-6,9-10,14H,7-8,11-12H2,1-3H3;2-6H,1H3;2*1-2H3. The lowest BCUT2D eigenvalue weighted by molar-refractivity contribution is -0.137. The van der Waals surface area contributed by atoms with Crippen molar-refractivity contribution in [2.24, 2.45) is 0 Å². The van der Waals surface area contributed by atoms with Crippen LogP contribution in [-0.2, 0) is 20.0 Å². The van der Waals surface area contributed by atoms with E-state index in [4.69, 9.17) is 0 Å². The number of carbonyl (C=O) groups excluding carboxylic acids is 1. The van der Waals surface area contributed by atoms with Crippen molar-refractivity contribution in [3.05, 3.63) is 66.2 Å². The highest BCUT2D eigenvalue weighted by Gasteiger charge is 2.35. The number of benzene rings is 2. The molecule has 0 bridgehead atoms. The van der Waals surface area contributed by atoms with Crippen molar-refractivity contribution in [1.29, 1.82) is 0 Å². The molecule has 0 spiro atoms. The summed E-state index contributed by atoms with van der Waals surface area (Å²) in [6.07, 6.45) is 6.03. The summed E-state index contributed by atoms with van der Waals surface area (Å²) in [5, 5.41) is 0. The van der Waals surface area contributed by atoms with Gasteiger partial charge in [-0.2, -0.15) is 0 Å². The third kappa shape index (κ3) is 9.15. The van der Waals surface area contributed by atoms with Crippen LogP contribution in [0.2, 0.25) is 0 Å². The van der Waals surface area contributed by atoms with Crippen LogP contribution in [-0.4, -0.2) is 38.6 Å². The lowest BCUT2D eigenvalue weighted by Crippen LogP contribution is -2.45. The summed E-state index contributed by atoms with van der Waals surface area (Å²) < 4.78 is 21.7. The largest absolute Gasteiger partial charge is 0.342 e. The van der Waals surface area contributed by atoms with Crippen molar-refractivity contribution in [2.75, 3.05) is 13.3 Å². The van der Waals surface area contributed by atoms with E-state index < -0.39 is 15.3 Å². The van der Waals surface area contributed by atoms with Crippen LogP contribution in [0.1, 0.15) is 72.8 Å². The molecule has 1 aliphatic rings. The van der Waals surface area contributed by atoms with E-state index in [0.29, 0.717) is 10.9 Å². The normalized spacial score (nSPS) is 13.4. The quantitative estimate of drug-likeness (QED) is 0.522. The molecule has 0 atom stereocenters. The molecule has 1 amide bonds. The fraction of sp³-hybridized carbons (Fsp3) is 0.519. The first kappa shape index (κ1) is 29.9. The predicted molar refractivity (Wildman–Crippen MR) is 137 cm³/mol. The van der Waals surface area contributed by atoms with Gasteiger partial charge in [-0.3, -0.25) is 4.79 Å². The highest BCUT2D eigenvalue weighted by Crippen LogP contribution is 2.29. The van der Waals surface area contributed by atoms with Crippen LogP contribution in [0.3, 0.4) is 0 Å². The minimum absolute atomic E-state index is 0.237. The molecule has 180 valence electrons. The molecule has 1 aliphatic carbocycles. The molecule has 3 rings (SSSR count). The van der Waals surface area contributed by atoms with Crippen LogP contribution in [0, 0.1) is 0 Å². The van der Waals surface area contributed by atoms with Gasteiger partial charge in [0.15, 0.2) is 9.84 Å². The first-order valence-electron chi connectivity index (χ1n) is 11.7. The van der Waals surface area contributed by atoms with Crippen molar-refractivity contribution in [3.8, 4) is 0 Å². The Morgan fingerprint density at radius 3 is 1.62 bits per heavy atom. The molecular formula is C27H43NO3S. The van der Waals surface area contributed by atoms with Gasteiger partial charge in [0.1, 0.15) is 0 Å². The van der Waals surface area contributed by atoms with Crippen LogP contribution in [0.4, 0.5) is 0 Å². The Balaban J connectivity index is 0.000000582. The summed E-state index contributed by atoms with van der Waals surface area (Å²) in [5.41, 5.74) is 0.665. The molecule has 0 radical (unpaired) electrons. The average Bonchev–Trinajstić information content (AvgIpc) is 3.37. The fourth-order valence-electron chi connectivity index (χ4n) is 3.54. The van der Waals surface area contributed by atoms with Gasteiger partial charge in [0.2, 0.25) is 5.91 Å². The smallest absolute Gasteiger partial charge is 0.232 e. The number of carbonyl (C=O) groups is 1. The number of hydrogen-bond donors (Lipinski definition) is 0. The molecule has 0 aliphatic heterocycles. The number of amides is 1. The molecule has 1 fully saturated rings. The Labute approximate surface area is 197 Å². The summed E-state index contributed by atoms with van der Waals surface area (Å²) in [4.78, 5) is 15.0. The topological polar surface area (TPSA) is 54.5 Å². The highest BCUT2D eigenvalue weighted by atomic mass is 32.2. The molecule has 0 saturated heterocycles. The van der Waals surface area contributed by atoms with Gasteiger partial charge in [0.05, 0.1) is 10.3 Å². The SMILES string of the molecule is CC.CC.CN(C(=O)C(C)(C)c1ccccc1)C1CCCC1.CS(=O)(=O)c1ccccc1. The zero-order chi connectivity index (χ0) is 24.8. The number of nitrogens with zero attached hydrogens (tertiary/aromatic N) is 1. The van der Waals surface area contributed by atoms with Crippen LogP contribution in [0.25, 0.3) is 0 Å². The number of likely N-dealkylation sites (N-methyl/N-ethyl adjacent to an activating group) is 1. The zero-order valence-corrected chi connectivity index (χ0v) is 22.1. The summed E-state index contributed by atoms with van der Waals surface area (Å²) in [7, 11) is -1.04. The van der Waals surface area contributed by atoms with E-state index >= 15 is 0 Å². The van der Waals surface area contributed by atoms with Gasteiger partial charge >= 0.3 is 0 Å². The third-order valence-electron chi connectivity index (χ3n) is 5.39. The third-order valence-corrected chi connectivity index (χ3v) is 6.52. The van der Waals surface area contributed by atoms with E-state index in [1.54, 1.807) is 30.3 Å². The second kappa shape index (κ2) is 14.8. The summed E-state index contributed by atoms with van der Waals surface area (Å²) >= 11 is 0. The Morgan fingerprint density at radius 1 is 0.844 bits per heavy atom. The Morgan fingerprint density at radius 2 is 1.25 bits per heavy atom. The minimum Gasteiger partial charge on any atom is -0.342 e. The van der Waals surface area contributed by atoms with Crippen LogP contribution in [0.15, 0.2) is 65.6 Å². The van der Waals surface area contributed by atoms with E-state index in [0.717, 1.165) is 18.4 Å². The lowest BCUT2D eigenvalue weighted by atomic mass is 9.83. The van der Waals surface area contributed by atoms with Crippen molar-refractivity contribution < 1.29 is 13.2 Å². The molecule has 32 heavy (non-hydrogen) atoms. The monoisotopic (exact) mass is 461 g/mol. The first-order valence-corrected chi connectivity index (χ1v) is 13.6. The van der Waals surface area contributed by atoms with E-state index in [2.05, 4.69) is 0 Å². The number of sulfone groups is 1. The molecule has 0 unspecified atom stereocenters. The van der Waals surface area contributed by atoms with Crippen molar-refractivity contribution in [1.82, 2.24) is 4.90 Å². The fourth-order valence-corrected chi connectivity index (χ4v) is 4.20. The van der Waals surface area contributed by atoms with Crippen LogP contribution < -0.4 is 0 Å². The van der Waals surface area contributed by atoms with Crippen molar-refractivity contribution in [2.45, 2.75) is 83.6 Å². The average molecular weight is 462 g/mol. The molecule has 0 aromatic heterocycles. The predicted octanol–water partition coefficient (Wildman–Crippen LogP) is 6.51. The number of rotatable bonds is 4. The van der Waals surface area contributed by atoms with E-state index in [-0.39, 0.29) is 5.91 Å². The van der Waals surface area contributed by atoms with Gasteiger partial charge in [0.25, 0.3) is 0 Å². The Hall–Kier alpha value is -2.14. The maximum Gasteiger partial charge on any atom is 0.232 e. The molecule has 2 aromatic carbocycles. The van der Waals surface area contributed by atoms with Crippen molar-refractivity contribution in [3.63, 3.8) is 0 Å². The maximum atomic E-state index is 12.7. The minimum atomic E-state index is -3.00. The second-order valence-electron chi connectivity index (χ2n) is 7.93. The Bertz CT molecular complexity index is 856. The van der Waals surface area contributed by atoms with Gasteiger partial charge in [-0.1, -0.05) is 89.1 Å². The van der Waals surface area contributed by atoms with Gasteiger partial charge in [0, 0.05) is 19.3 Å². The molecule has 0 N–H and O–H groups in total. The van der Waals surface area contributed by atoms with E-state index in [9.17, 15) is 13.2 Å². The summed E-state index contributed by atoms with van der Waals surface area (Å²) in [6.45, 7) is 12.0. The Kier molecular flexibility index (Phi) is 13.8. The molecule has 0 heterocycles.